The van der Waals surface area contributed by atoms with E-state index in [2.05, 4.69) is 31.9 Å². The second-order valence-electron chi connectivity index (χ2n) is 17.5. The average molecular weight is 974 g/mol. The van der Waals surface area contributed by atoms with Gasteiger partial charge in [0.15, 0.2) is 5.60 Å². The van der Waals surface area contributed by atoms with E-state index in [1.54, 1.807) is 19.9 Å². The topological polar surface area (TPSA) is 303 Å². The Labute approximate surface area is 400 Å². The van der Waals surface area contributed by atoms with Gasteiger partial charge in [-0.1, -0.05) is 27.2 Å². The van der Waals surface area contributed by atoms with Gasteiger partial charge in [0.25, 0.3) is 17.4 Å². The highest BCUT2D eigenvalue weighted by Gasteiger charge is 2.45. The van der Waals surface area contributed by atoms with Crippen LogP contribution in [0.25, 0.3) is 22.3 Å². The largest absolute Gasteiger partial charge is 0.458 e. The van der Waals surface area contributed by atoms with Crippen molar-refractivity contribution in [3.8, 4) is 11.4 Å². The van der Waals surface area contributed by atoms with Crippen molar-refractivity contribution < 1.29 is 62.1 Å². The van der Waals surface area contributed by atoms with Gasteiger partial charge in [0.05, 0.1) is 48.6 Å². The molecule has 0 saturated carbocycles. The molecule has 70 heavy (non-hydrogen) atoms. The predicted octanol–water partition coefficient (Wildman–Crippen LogP) is -0.401. The number of esters is 1. The number of carbonyl (C=O) groups excluding carboxylic acids is 9. The molecule has 0 unspecified atom stereocenters. The van der Waals surface area contributed by atoms with E-state index in [4.69, 9.17) is 14.5 Å². The molecule has 374 valence electrons. The SMILES string of the molecule is CC[C@@]1(O)C(=O)OCc2c1cc1n(c2=O)Cc2c-1nc1cc(F)c(C)cc1c2CNC(=O)COCNC(=O)CNC(=O)[C@H](CC(C)C)NC(=O)CNC(=O)CNC(=O)CCCCCN1C(=O)C=CC1=O. The van der Waals surface area contributed by atoms with Gasteiger partial charge in [-0.25, -0.2) is 14.2 Å². The highest BCUT2D eigenvalue weighted by atomic mass is 19.1. The van der Waals surface area contributed by atoms with E-state index in [1.165, 1.54) is 28.9 Å². The van der Waals surface area contributed by atoms with Crippen LogP contribution < -0.4 is 37.5 Å². The van der Waals surface area contributed by atoms with Crippen molar-refractivity contribution in [1.29, 1.82) is 0 Å². The van der Waals surface area contributed by atoms with Crippen molar-refractivity contribution in [3.05, 3.63) is 74.3 Å². The van der Waals surface area contributed by atoms with Crippen molar-refractivity contribution in [2.45, 2.75) is 97.6 Å². The van der Waals surface area contributed by atoms with Crippen LogP contribution in [0.2, 0.25) is 0 Å². The van der Waals surface area contributed by atoms with Crippen LogP contribution in [0.3, 0.4) is 0 Å². The van der Waals surface area contributed by atoms with Crippen LogP contribution in [0.15, 0.2) is 35.1 Å². The molecular formula is C47H56FN9O13. The van der Waals surface area contributed by atoms with E-state index in [9.17, 15) is 57.4 Å². The van der Waals surface area contributed by atoms with Gasteiger partial charge < -0.3 is 51.0 Å². The van der Waals surface area contributed by atoms with Crippen molar-refractivity contribution >= 4 is 64.1 Å². The highest BCUT2D eigenvalue weighted by Crippen LogP contribution is 2.40. The van der Waals surface area contributed by atoms with Crippen LogP contribution >= 0.6 is 0 Å². The van der Waals surface area contributed by atoms with E-state index in [1.807, 2.05) is 13.8 Å². The first-order valence-corrected chi connectivity index (χ1v) is 22.8. The van der Waals surface area contributed by atoms with Crippen molar-refractivity contribution in [3.63, 3.8) is 0 Å². The molecule has 2 aromatic heterocycles. The molecule has 1 aromatic carbocycles. The number of aryl methyl sites for hydroxylation is 1. The number of pyridine rings is 2. The molecule has 3 aliphatic heterocycles. The number of nitrogens with zero attached hydrogens (tertiary/aromatic N) is 3. The Morgan fingerprint density at radius 3 is 2.26 bits per heavy atom. The summed E-state index contributed by atoms with van der Waals surface area (Å²) in [4.78, 5) is 131. The van der Waals surface area contributed by atoms with Crippen molar-refractivity contribution in [2.24, 2.45) is 5.92 Å². The molecule has 6 rings (SSSR count). The molecule has 0 spiro atoms. The van der Waals surface area contributed by atoms with Crippen LogP contribution in [-0.2, 0) is 77.9 Å². The lowest BCUT2D eigenvalue weighted by Gasteiger charge is -2.31. The number of rotatable bonds is 23. The summed E-state index contributed by atoms with van der Waals surface area (Å²) in [7, 11) is 0. The maximum atomic E-state index is 14.9. The predicted molar refractivity (Wildman–Crippen MR) is 245 cm³/mol. The van der Waals surface area contributed by atoms with Crippen LogP contribution in [-0.4, -0.2) is 118 Å². The summed E-state index contributed by atoms with van der Waals surface area (Å²) in [6.45, 7) is 4.38. The van der Waals surface area contributed by atoms with E-state index in [0.29, 0.717) is 52.7 Å². The fourth-order valence-corrected chi connectivity index (χ4v) is 8.20. The number of carbonyl (C=O) groups is 9. The molecule has 8 amide bonds. The number of aromatic nitrogens is 2. The van der Waals surface area contributed by atoms with E-state index < -0.39 is 90.9 Å². The molecule has 23 heteroatoms. The van der Waals surface area contributed by atoms with Gasteiger partial charge in [-0.15, -0.1) is 0 Å². The Balaban J connectivity index is 0.922. The zero-order chi connectivity index (χ0) is 50.9. The lowest BCUT2D eigenvalue weighted by atomic mass is 9.86. The van der Waals surface area contributed by atoms with Crippen molar-refractivity contribution in [2.75, 3.05) is 39.5 Å². The molecule has 3 aliphatic rings. The maximum absolute atomic E-state index is 14.9. The smallest absolute Gasteiger partial charge is 0.343 e. The first-order chi connectivity index (χ1) is 33.3. The summed E-state index contributed by atoms with van der Waals surface area (Å²) in [5.74, 6) is -5.85. The second-order valence-corrected chi connectivity index (χ2v) is 17.5. The fourth-order valence-electron chi connectivity index (χ4n) is 8.20. The Hall–Kier alpha value is -7.40. The third kappa shape index (κ3) is 12.2. The van der Waals surface area contributed by atoms with Gasteiger partial charge in [0.1, 0.15) is 31.8 Å². The maximum Gasteiger partial charge on any atom is 0.343 e. The molecule has 22 nitrogen and oxygen atoms in total. The lowest BCUT2D eigenvalue weighted by molar-refractivity contribution is -0.172. The number of ether oxygens (including phenoxy) is 2. The summed E-state index contributed by atoms with van der Waals surface area (Å²) in [6.07, 6.45) is 4.24. The molecule has 5 heterocycles. The third-order valence-corrected chi connectivity index (χ3v) is 12.0. The molecular weight excluding hydrogens is 918 g/mol. The van der Waals surface area contributed by atoms with Gasteiger partial charge in [-0.3, -0.25) is 48.1 Å². The number of nitrogens with one attached hydrogen (secondary N) is 6. The molecule has 2 atom stereocenters. The number of aliphatic hydroxyl groups is 1. The van der Waals surface area contributed by atoms with Gasteiger partial charge in [0, 0.05) is 54.2 Å². The lowest BCUT2D eigenvalue weighted by Crippen LogP contribution is -2.52. The number of fused-ring (bicyclic) bond motifs is 5. The number of hydrogen-bond donors (Lipinski definition) is 7. The zero-order valence-electron chi connectivity index (χ0n) is 39.2. The Bertz CT molecular complexity index is 2700. The summed E-state index contributed by atoms with van der Waals surface area (Å²) in [6, 6.07) is 3.32. The quantitative estimate of drug-likeness (QED) is 0.0216. The minimum absolute atomic E-state index is 0.0319. The van der Waals surface area contributed by atoms with Crippen LogP contribution in [0, 0.1) is 18.7 Å². The minimum Gasteiger partial charge on any atom is -0.458 e. The summed E-state index contributed by atoms with van der Waals surface area (Å²) in [5, 5.41) is 26.8. The highest BCUT2D eigenvalue weighted by molar-refractivity contribution is 6.12. The monoisotopic (exact) mass is 973 g/mol. The molecule has 0 saturated heterocycles. The molecule has 3 aromatic rings. The third-order valence-electron chi connectivity index (χ3n) is 12.0. The van der Waals surface area contributed by atoms with Gasteiger partial charge in [-0.05, 0) is 61.8 Å². The van der Waals surface area contributed by atoms with Crippen LogP contribution in [0.5, 0.6) is 0 Å². The van der Waals surface area contributed by atoms with Crippen molar-refractivity contribution in [1.82, 2.24) is 46.4 Å². The number of halogens is 1. The number of unbranched alkanes of at least 4 members (excludes halogenated alkanes) is 2. The molecule has 0 fully saturated rings. The number of imide groups is 1. The van der Waals surface area contributed by atoms with E-state index in [0.717, 1.165) is 4.90 Å². The number of cyclic esters (lactones) is 1. The van der Waals surface area contributed by atoms with E-state index in [-0.39, 0.29) is 86.4 Å². The van der Waals surface area contributed by atoms with Crippen LogP contribution in [0.4, 0.5) is 4.39 Å². The Morgan fingerprint density at radius 1 is 0.857 bits per heavy atom. The number of benzene rings is 1. The molecule has 7 N–H and O–H groups in total. The van der Waals surface area contributed by atoms with E-state index >= 15 is 0 Å². The molecule has 0 aliphatic carbocycles. The summed E-state index contributed by atoms with van der Waals surface area (Å²) >= 11 is 0. The van der Waals surface area contributed by atoms with Gasteiger partial charge >= 0.3 is 5.97 Å². The minimum atomic E-state index is -2.05. The first-order valence-electron chi connectivity index (χ1n) is 22.8. The summed E-state index contributed by atoms with van der Waals surface area (Å²) in [5.41, 5.74) is 0.0103. The first kappa shape index (κ1) is 52.0. The average Bonchev–Trinajstić information content (AvgIpc) is 3.85. The number of hydrogen-bond acceptors (Lipinski definition) is 14. The summed E-state index contributed by atoms with van der Waals surface area (Å²) < 4.78 is 26.8. The van der Waals surface area contributed by atoms with Gasteiger partial charge in [-0.2, -0.15) is 0 Å². The zero-order valence-corrected chi connectivity index (χ0v) is 39.2. The second kappa shape index (κ2) is 22.8. The number of amides is 8. The Kier molecular flexibility index (Phi) is 16.9. The van der Waals surface area contributed by atoms with Gasteiger partial charge in [0.2, 0.25) is 35.4 Å². The normalized spacial score (nSPS) is 16.0. The standard InChI is InChI=1S/C47H56FN9O13/c1-5-47(68)31-15-35-43-29(21-57(35)45(66)30(31)22-70-46(47)67)28(27-14-26(4)32(48)16-33(27)55-43)17-49-40(62)23-69-24-53-38(60)19-52-44(65)34(13-25(2)3)54-39(61)20-51-37(59)18-50-36(58)9-7-6-8-12-56-41(63)10-11-42(56)64/h10-11,14-16,25,34,68H,5-9,12-13,17-24H2,1-4H3,(H,49,62)(H,50,58)(H,51,59)(H,52,65)(H,53,60)(H,54,61)/t34-,47-/m0/s1. The molecule has 0 radical (unpaired) electrons. The Morgan fingerprint density at radius 2 is 1.54 bits per heavy atom. The van der Waals surface area contributed by atoms with Crippen LogP contribution in [0.1, 0.15) is 87.1 Å². The molecule has 0 bridgehead atoms. The fraction of sp³-hybridized carbons (Fsp3) is 0.468.